The lowest BCUT2D eigenvalue weighted by Crippen LogP contribution is -2.39. The fraction of sp³-hybridized carbons (Fsp3) is 0.370. The topological polar surface area (TPSA) is 85.8 Å². The summed E-state index contributed by atoms with van der Waals surface area (Å²) in [5, 5.41) is 15.9. The number of carbonyl (C=O) groups is 2. The maximum absolute atomic E-state index is 13.4. The van der Waals surface area contributed by atoms with Crippen LogP contribution in [0, 0.1) is 6.92 Å². The highest BCUT2D eigenvalue weighted by Gasteiger charge is 2.29. The molecule has 1 saturated heterocycles. The summed E-state index contributed by atoms with van der Waals surface area (Å²) in [4.78, 5) is 33.8. The molecule has 3 aromatic rings. The van der Waals surface area contributed by atoms with Crippen molar-refractivity contribution in [3.05, 3.63) is 70.2 Å². The van der Waals surface area contributed by atoms with Crippen LogP contribution in [0.3, 0.4) is 0 Å². The van der Waals surface area contributed by atoms with Crippen LogP contribution in [-0.4, -0.2) is 64.5 Å². The van der Waals surface area contributed by atoms with E-state index in [4.69, 9.17) is 0 Å². The lowest BCUT2D eigenvalue weighted by Gasteiger charge is -2.32. The number of carbonyl (C=O) groups excluding carboxylic acids is 2. The first-order valence-corrected chi connectivity index (χ1v) is 12.8. The van der Waals surface area contributed by atoms with E-state index in [9.17, 15) is 14.7 Å². The molecule has 2 aliphatic rings. The highest BCUT2D eigenvalue weighted by molar-refractivity contribution is 7.13. The number of aliphatic hydroxyl groups is 1. The quantitative estimate of drug-likeness (QED) is 0.530. The zero-order chi connectivity index (χ0) is 24.5. The number of anilines is 1. The summed E-state index contributed by atoms with van der Waals surface area (Å²) in [6.45, 7) is 4.08. The standard InChI is InChI=1S/C27H30N4O3S/c1-17-16-35-27(28-17)21-5-3-4-20(12-21)24(15-31-9-8-22(32)14-31)30(2)26(34)11-18-6-7-19-13-25(33)29-23(19)10-18/h3-7,10,12,16,22,24,32H,8-9,11,13-15H2,1-2H3,(H,29,33)/t22-,24+/m0/s1. The van der Waals surface area contributed by atoms with Crippen molar-refractivity contribution in [2.75, 3.05) is 32.0 Å². The number of likely N-dealkylation sites (tertiary alicyclic amines) is 1. The number of amides is 2. The summed E-state index contributed by atoms with van der Waals surface area (Å²) in [5.74, 6) is -0.00159. The second-order valence-corrected chi connectivity index (χ2v) is 10.4. The van der Waals surface area contributed by atoms with Gasteiger partial charge in [0.2, 0.25) is 11.8 Å². The van der Waals surface area contributed by atoms with Crippen LogP contribution in [0.2, 0.25) is 0 Å². The third-order valence-electron chi connectivity index (χ3n) is 6.83. The zero-order valence-electron chi connectivity index (χ0n) is 20.0. The molecule has 0 unspecified atom stereocenters. The van der Waals surface area contributed by atoms with E-state index in [-0.39, 0.29) is 30.4 Å². The van der Waals surface area contributed by atoms with E-state index in [2.05, 4.69) is 33.4 Å². The largest absolute Gasteiger partial charge is 0.392 e. The van der Waals surface area contributed by atoms with Gasteiger partial charge in [0.25, 0.3) is 0 Å². The van der Waals surface area contributed by atoms with Crippen molar-refractivity contribution in [3.8, 4) is 10.6 Å². The van der Waals surface area contributed by atoms with E-state index in [1.165, 1.54) is 0 Å². The number of nitrogens with zero attached hydrogens (tertiary/aromatic N) is 3. The van der Waals surface area contributed by atoms with Gasteiger partial charge in [-0.25, -0.2) is 4.98 Å². The molecule has 2 aliphatic heterocycles. The van der Waals surface area contributed by atoms with Crippen LogP contribution in [0.1, 0.15) is 34.8 Å². The number of β-amino-alcohol motifs (C(OH)–C–C–N with tert-alkyl or cyclic N) is 1. The lowest BCUT2D eigenvalue weighted by atomic mass is 10.0. The molecular formula is C27H30N4O3S. The van der Waals surface area contributed by atoms with E-state index in [1.807, 2.05) is 48.5 Å². The van der Waals surface area contributed by atoms with Crippen LogP contribution in [-0.2, 0) is 22.4 Å². The van der Waals surface area contributed by atoms with E-state index < -0.39 is 0 Å². The smallest absolute Gasteiger partial charge is 0.228 e. The van der Waals surface area contributed by atoms with Crippen LogP contribution in [0.25, 0.3) is 10.6 Å². The summed E-state index contributed by atoms with van der Waals surface area (Å²) in [7, 11) is 1.86. The van der Waals surface area contributed by atoms with Gasteiger partial charge >= 0.3 is 0 Å². The minimum atomic E-state index is -0.317. The normalized spacial score (nSPS) is 18.4. The number of likely N-dealkylation sites (N-methyl/N-ethyl adjacent to an activating group) is 1. The predicted molar refractivity (Wildman–Crippen MR) is 137 cm³/mol. The number of hydrogen-bond donors (Lipinski definition) is 2. The first kappa shape index (κ1) is 23.7. The molecule has 0 saturated carbocycles. The van der Waals surface area contributed by atoms with Crippen LogP contribution in [0.5, 0.6) is 0 Å². The van der Waals surface area contributed by atoms with Crippen molar-refractivity contribution in [1.82, 2.24) is 14.8 Å². The molecule has 0 radical (unpaired) electrons. The van der Waals surface area contributed by atoms with Crippen LogP contribution in [0.15, 0.2) is 47.8 Å². The number of fused-ring (bicyclic) bond motifs is 1. The number of aliphatic hydroxyl groups excluding tert-OH is 1. The number of nitrogens with one attached hydrogen (secondary N) is 1. The fourth-order valence-electron chi connectivity index (χ4n) is 4.88. The summed E-state index contributed by atoms with van der Waals surface area (Å²) in [5.41, 5.74) is 5.74. The van der Waals surface area contributed by atoms with Crippen molar-refractivity contribution in [2.24, 2.45) is 0 Å². The van der Waals surface area contributed by atoms with Crippen LogP contribution < -0.4 is 5.32 Å². The van der Waals surface area contributed by atoms with E-state index in [0.717, 1.165) is 51.6 Å². The number of aromatic nitrogens is 1. The molecule has 2 aromatic carbocycles. The molecule has 1 fully saturated rings. The Labute approximate surface area is 209 Å². The minimum Gasteiger partial charge on any atom is -0.392 e. The molecule has 2 atom stereocenters. The molecule has 3 heterocycles. The van der Waals surface area contributed by atoms with Crippen molar-refractivity contribution in [3.63, 3.8) is 0 Å². The summed E-state index contributed by atoms with van der Waals surface area (Å²) >= 11 is 1.62. The van der Waals surface area contributed by atoms with Crippen LogP contribution >= 0.6 is 11.3 Å². The Morgan fingerprint density at radius 1 is 1.31 bits per heavy atom. The van der Waals surface area contributed by atoms with Gasteiger partial charge in [-0.2, -0.15) is 0 Å². The van der Waals surface area contributed by atoms with Crippen molar-refractivity contribution < 1.29 is 14.7 Å². The molecular weight excluding hydrogens is 460 g/mol. The third kappa shape index (κ3) is 5.29. The molecule has 2 amide bonds. The number of benzene rings is 2. The minimum absolute atomic E-state index is 0.00881. The highest BCUT2D eigenvalue weighted by Crippen LogP contribution is 2.30. The average molecular weight is 491 g/mol. The van der Waals surface area contributed by atoms with Gasteiger partial charge in [0.05, 0.1) is 25.0 Å². The number of rotatable bonds is 7. The first-order chi connectivity index (χ1) is 16.9. The number of hydrogen-bond acceptors (Lipinski definition) is 6. The SMILES string of the molecule is Cc1csc(-c2cccc([C@@H](CN3CC[C@H](O)C3)N(C)C(=O)Cc3ccc4c(c3)NC(=O)C4)c2)n1. The summed E-state index contributed by atoms with van der Waals surface area (Å²) in [6.07, 6.45) is 1.08. The molecule has 7 nitrogen and oxygen atoms in total. The van der Waals surface area contributed by atoms with Crippen molar-refractivity contribution in [1.29, 1.82) is 0 Å². The third-order valence-corrected chi connectivity index (χ3v) is 7.84. The molecule has 5 rings (SSSR count). The zero-order valence-corrected chi connectivity index (χ0v) is 20.8. The monoisotopic (exact) mass is 490 g/mol. The lowest BCUT2D eigenvalue weighted by molar-refractivity contribution is -0.131. The van der Waals surface area contributed by atoms with Gasteiger partial charge in [-0.3, -0.25) is 14.5 Å². The molecule has 35 heavy (non-hydrogen) atoms. The van der Waals surface area contributed by atoms with Gasteiger partial charge < -0.3 is 15.3 Å². The summed E-state index contributed by atoms with van der Waals surface area (Å²) < 4.78 is 0. The molecule has 8 heteroatoms. The van der Waals surface area contributed by atoms with Gasteiger partial charge in [-0.1, -0.05) is 30.3 Å². The Morgan fingerprint density at radius 2 is 2.17 bits per heavy atom. The molecule has 2 N–H and O–H groups in total. The second-order valence-electron chi connectivity index (χ2n) is 9.54. The van der Waals surface area contributed by atoms with Gasteiger partial charge in [-0.05, 0) is 42.2 Å². The highest BCUT2D eigenvalue weighted by atomic mass is 32.1. The molecule has 1 aromatic heterocycles. The Hall–Kier alpha value is -3.07. The maximum atomic E-state index is 13.4. The average Bonchev–Trinajstić information content (AvgIpc) is 3.56. The Kier molecular flexibility index (Phi) is 6.69. The van der Waals surface area contributed by atoms with Gasteiger partial charge in [-0.15, -0.1) is 11.3 Å². The molecule has 0 aliphatic carbocycles. The first-order valence-electron chi connectivity index (χ1n) is 12.0. The molecule has 182 valence electrons. The maximum Gasteiger partial charge on any atom is 0.228 e. The number of aryl methyl sites for hydroxylation is 1. The second kappa shape index (κ2) is 9.89. The van der Waals surface area contributed by atoms with Crippen molar-refractivity contribution >= 4 is 28.8 Å². The molecule has 0 bridgehead atoms. The van der Waals surface area contributed by atoms with Gasteiger partial charge in [0.1, 0.15) is 5.01 Å². The summed E-state index contributed by atoms with van der Waals surface area (Å²) in [6, 6.07) is 13.9. The predicted octanol–water partition coefficient (Wildman–Crippen LogP) is 3.42. The molecule has 0 spiro atoms. The van der Waals surface area contributed by atoms with Gasteiger partial charge in [0, 0.05) is 49.0 Å². The van der Waals surface area contributed by atoms with E-state index in [0.29, 0.717) is 19.5 Å². The fourth-order valence-corrected chi connectivity index (χ4v) is 5.68. The van der Waals surface area contributed by atoms with Crippen molar-refractivity contribution in [2.45, 2.75) is 38.3 Å². The number of thiazole rings is 1. The van der Waals surface area contributed by atoms with Crippen LogP contribution in [0.4, 0.5) is 5.69 Å². The van der Waals surface area contributed by atoms with E-state index >= 15 is 0 Å². The Balaban J connectivity index is 1.39. The Morgan fingerprint density at radius 3 is 2.91 bits per heavy atom. The Bertz CT molecular complexity index is 1260. The van der Waals surface area contributed by atoms with E-state index in [1.54, 1.807) is 11.3 Å². The van der Waals surface area contributed by atoms with Gasteiger partial charge in [0.15, 0.2) is 0 Å².